The average molecular weight is 258 g/mol. The average Bonchev–Trinajstić information content (AvgIpc) is 2.56. The van der Waals surface area contributed by atoms with Crippen molar-refractivity contribution in [3.05, 3.63) is 29.6 Å². The van der Waals surface area contributed by atoms with Crippen molar-refractivity contribution in [2.24, 2.45) is 0 Å². The molecule has 1 aliphatic heterocycles. The second-order valence-corrected chi connectivity index (χ2v) is 4.65. The lowest BCUT2D eigenvalue weighted by atomic mass is 10.1. The number of hydrogen-bond acceptors (Lipinski definition) is 2. The van der Waals surface area contributed by atoms with Gasteiger partial charge in [0, 0.05) is 32.1 Å². The highest BCUT2D eigenvalue weighted by Crippen LogP contribution is 2.30. The molecule has 0 aliphatic carbocycles. The molecule has 1 aromatic carbocycles. The van der Waals surface area contributed by atoms with Gasteiger partial charge in [-0.05, 0) is 25.1 Å². The fourth-order valence-corrected chi connectivity index (χ4v) is 2.12. The Kier molecular flexibility index (Phi) is 3.80. The molecular weight excluding hydrogens is 241 g/mol. The van der Waals surface area contributed by atoms with E-state index in [2.05, 4.69) is 5.32 Å². The van der Waals surface area contributed by atoms with E-state index in [9.17, 15) is 13.2 Å². The Morgan fingerprint density at radius 3 is 2.67 bits per heavy atom. The minimum absolute atomic E-state index is 0.281. The van der Waals surface area contributed by atoms with E-state index in [1.54, 1.807) is 0 Å². The monoisotopic (exact) mass is 258 g/mol. The molecule has 0 radical (unpaired) electrons. The van der Waals surface area contributed by atoms with E-state index in [1.807, 2.05) is 4.90 Å². The highest BCUT2D eigenvalue weighted by Gasteiger charge is 2.26. The van der Waals surface area contributed by atoms with Crippen molar-refractivity contribution in [2.45, 2.75) is 19.3 Å². The van der Waals surface area contributed by atoms with E-state index >= 15 is 0 Å². The van der Waals surface area contributed by atoms with Crippen LogP contribution < -0.4 is 10.2 Å². The van der Waals surface area contributed by atoms with E-state index in [0.29, 0.717) is 12.2 Å². The normalized spacial score (nSPS) is 17.7. The molecule has 100 valence electrons. The first-order valence-corrected chi connectivity index (χ1v) is 6.12. The summed E-state index contributed by atoms with van der Waals surface area (Å²) in [6, 6.07) is 3.69. The molecule has 1 saturated heterocycles. The van der Waals surface area contributed by atoms with Crippen LogP contribution in [0.2, 0.25) is 0 Å². The van der Waals surface area contributed by atoms with Crippen molar-refractivity contribution < 1.29 is 13.2 Å². The first-order chi connectivity index (χ1) is 8.48. The Hall–Kier alpha value is -1.23. The zero-order valence-corrected chi connectivity index (χ0v) is 10.3. The molecule has 0 amide bonds. The number of hydrogen-bond donors (Lipinski definition) is 1. The molecule has 0 aromatic heterocycles. The third-order valence-electron chi connectivity index (χ3n) is 3.14. The van der Waals surface area contributed by atoms with Crippen LogP contribution in [0.3, 0.4) is 0 Å². The third kappa shape index (κ3) is 2.96. The van der Waals surface area contributed by atoms with Crippen molar-refractivity contribution in [3.63, 3.8) is 0 Å². The molecule has 1 aromatic rings. The van der Waals surface area contributed by atoms with Gasteiger partial charge in [-0.25, -0.2) is 13.2 Å². The maximum Gasteiger partial charge on any atom is 0.270 e. The predicted octanol–water partition coefficient (Wildman–Crippen LogP) is 2.74. The summed E-state index contributed by atoms with van der Waals surface area (Å²) in [5.41, 5.74) is 0.128. The van der Waals surface area contributed by atoms with Crippen LogP contribution in [0.5, 0.6) is 0 Å². The number of halogens is 3. The Balaban J connectivity index is 2.23. The van der Waals surface area contributed by atoms with Gasteiger partial charge in [-0.3, -0.25) is 0 Å². The summed E-state index contributed by atoms with van der Waals surface area (Å²) in [6.07, 6.45) is 0.922. The van der Waals surface area contributed by atoms with Gasteiger partial charge in [0.15, 0.2) is 0 Å². The maximum atomic E-state index is 13.9. The van der Waals surface area contributed by atoms with Crippen LogP contribution >= 0.6 is 0 Å². The number of alkyl halides is 2. The van der Waals surface area contributed by atoms with E-state index in [0.717, 1.165) is 39.0 Å². The Morgan fingerprint density at radius 1 is 1.22 bits per heavy atom. The van der Waals surface area contributed by atoms with Gasteiger partial charge in [0.2, 0.25) is 0 Å². The fraction of sp³-hybridized carbons (Fsp3) is 0.538. The van der Waals surface area contributed by atoms with Crippen LogP contribution in [0, 0.1) is 5.82 Å². The summed E-state index contributed by atoms with van der Waals surface area (Å²) in [5.74, 6) is -3.57. The molecule has 0 bridgehead atoms. The van der Waals surface area contributed by atoms with E-state index in [4.69, 9.17) is 0 Å². The van der Waals surface area contributed by atoms with E-state index in [1.165, 1.54) is 12.1 Å². The van der Waals surface area contributed by atoms with Gasteiger partial charge in [-0.15, -0.1) is 0 Å². The largest absolute Gasteiger partial charge is 0.368 e. The minimum atomic E-state index is -3.00. The van der Waals surface area contributed by atoms with Crippen molar-refractivity contribution in [1.29, 1.82) is 0 Å². The third-order valence-corrected chi connectivity index (χ3v) is 3.14. The lowest BCUT2D eigenvalue weighted by molar-refractivity contribution is 0.0172. The molecule has 0 unspecified atom stereocenters. The molecule has 1 aliphatic rings. The molecule has 0 atom stereocenters. The summed E-state index contributed by atoms with van der Waals surface area (Å²) in [5, 5.41) is 3.22. The van der Waals surface area contributed by atoms with Gasteiger partial charge in [-0.1, -0.05) is 6.07 Å². The van der Waals surface area contributed by atoms with Crippen molar-refractivity contribution >= 4 is 5.69 Å². The zero-order valence-electron chi connectivity index (χ0n) is 10.3. The van der Waals surface area contributed by atoms with Gasteiger partial charge >= 0.3 is 0 Å². The maximum absolute atomic E-state index is 13.9. The molecule has 2 nitrogen and oxygen atoms in total. The first kappa shape index (κ1) is 13.2. The SMILES string of the molecule is CC(F)(F)c1ccc(N2CCCNCC2)c(F)c1. The van der Waals surface area contributed by atoms with Gasteiger partial charge in [0.25, 0.3) is 5.92 Å². The summed E-state index contributed by atoms with van der Waals surface area (Å²) in [6.45, 7) is 3.90. The van der Waals surface area contributed by atoms with Crippen molar-refractivity contribution in [1.82, 2.24) is 5.32 Å². The lowest BCUT2D eigenvalue weighted by Crippen LogP contribution is -2.28. The van der Waals surface area contributed by atoms with Crippen molar-refractivity contribution in [2.75, 3.05) is 31.1 Å². The number of benzene rings is 1. The number of nitrogens with one attached hydrogen (secondary N) is 1. The molecular formula is C13H17F3N2. The van der Waals surface area contributed by atoms with Gasteiger partial charge in [-0.2, -0.15) is 0 Å². The molecule has 5 heteroatoms. The topological polar surface area (TPSA) is 15.3 Å². The Bertz CT molecular complexity index is 407. The lowest BCUT2D eigenvalue weighted by Gasteiger charge is -2.23. The standard InChI is InChI=1S/C13H17F3N2/c1-13(15,16)10-3-4-12(11(14)9-10)18-7-2-5-17-6-8-18/h3-4,9,17H,2,5-8H2,1H3. The molecule has 1 heterocycles. The van der Waals surface area contributed by atoms with Crippen LogP contribution in [-0.4, -0.2) is 26.2 Å². The number of rotatable bonds is 2. The molecule has 0 saturated carbocycles. The van der Waals surface area contributed by atoms with E-state index < -0.39 is 11.7 Å². The molecule has 1 fully saturated rings. The zero-order chi connectivity index (χ0) is 13.2. The minimum Gasteiger partial charge on any atom is -0.368 e. The second kappa shape index (κ2) is 5.18. The highest BCUT2D eigenvalue weighted by molar-refractivity contribution is 5.50. The highest BCUT2D eigenvalue weighted by atomic mass is 19.3. The van der Waals surface area contributed by atoms with Crippen LogP contribution in [-0.2, 0) is 5.92 Å². The van der Waals surface area contributed by atoms with Crippen LogP contribution in [0.1, 0.15) is 18.9 Å². The quantitative estimate of drug-likeness (QED) is 0.877. The molecule has 0 spiro atoms. The molecule has 18 heavy (non-hydrogen) atoms. The number of nitrogens with zero attached hydrogens (tertiary/aromatic N) is 1. The van der Waals surface area contributed by atoms with Crippen molar-refractivity contribution in [3.8, 4) is 0 Å². The summed E-state index contributed by atoms with van der Waals surface area (Å²) < 4.78 is 40.1. The predicted molar refractivity (Wildman–Crippen MR) is 65.7 cm³/mol. The number of anilines is 1. The summed E-state index contributed by atoms with van der Waals surface area (Å²) in [4.78, 5) is 1.90. The smallest absolute Gasteiger partial charge is 0.270 e. The van der Waals surface area contributed by atoms with E-state index in [-0.39, 0.29) is 5.56 Å². The van der Waals surface area contributed by atoms with Crippen LogP contribution in [0.25, 0.3) is 0 Å². The second-order valence-electron chi connectivity index (χ2n) is 4.65. The Morgan fingerprint density at radius 2 is 2.00 bits per heavy atom. The fourth-order valence-electron chi connectivity index (χ4n) is 2.12. The van der Waals surface area contributed by atoms with Crippen LogP contribution in [0.4, 0.5) is 18.9 Å². The summed E-state index contributed by atoms with van der Waals surface area (Å²) in [7, 11) is 0. The summed E-state index contributed by atoms with van der Waals surface area (Å²) >= 11 is 0. The first-order valence-electron chi connectivity index (χ1n) is 6.12. The van der Waals surface area contributed by atoms with Gasteiger partial charge in [0.1, 0.15) is 5.82 Å². The van der Waals surface area contributed by atoms with Crippen LogP contribution in [0.15, 0.2) is 18.2 Å². The Labute approximate surface area is 105 Å². The molecule has 2 rings (SSSR count). The van der Waals surface area contributed by atoms with Gasteiger partial charge < -0.3 is 10.2 Å². The molecule has 1 N–H and O–H groups in total. The van der Waals surface area contributed by atoms with Gasteiger partial charge in [0.05, 0.1) is 5.69 Å².